The third-order valence-electron chi connectivity index (χ3n) is 3.65. The summed E-state index contributed by atoms with van der Waals surface area (Å²) in [5, 5.41) is 0. The van der Waals surface area contributed by atoms with Crippen molar-refractivity contribution >= 4 is 11.7 Å². The number of hydrogen-bond donors (Lipinski definition) is 0. The molecule has 3 nitrogen and oxygen atoms in total. The van der Waals surface area contributed by atoms with Gasteiger partial charge in [0.15, 0.2) is 5.78 Å². The van der Waals surface area contributed by atoms with E-state index in [1.807, 2.05) is 36.1 Å². The molecule has 0 unspecified atom stereocenters. The Hall–Kier alpha value is -1.64. The molecule has 0 bridgehead atoms. The molecule has 0 saturated carbocycles. The molecular formula is C13H13NO2. The first-order valence-corrected chi connectivity index (χ1v) is 5.66. The van der Waals surface area contributed by atoms with Crippen LogP contribution in [0.5, 0.6) is 0 Å². The second-order valence-electron chi connectivity index (χ2n) is 4.39. The maximum absolute atomic E-state index is 12.1. The van der Waals surface area contributed by atoms with Gasteiger partial charge in [-0.2, -0.15) is 0 Å². The van der Waals surface area contributed by atoms with Gasteiger partial charge in [-0.25, -0.2) is 0 Å². The molecule has 1 aromatic carbocycles. The summed E-state index contributed by atoms with van der Waals surface area (Å²) in [5.41, 5.74) is 1.84. The van der Waals surface area contributed by atoms with E-state index >= 15 is 0 Å². The Bertz CT molecular complexity index is 481. The zero-order valence-corrected chi connectivity index (χ0v) is 9.14. The molecule has 1 heterocycles. The molecule has 0 spiro atoms. The second kappa shape index (κ2) is 3.17. The van der Waals surface area contributed by atoms with E-state index in [9.17, 15) is 9.59 Å². The second-order valence-corrected chi connectivity index (χ2v) is 4.39. The Labute approximate surface area is 94.1 Å². The molecule has 1 amide bonds. The van der Waals surface area contributed by atoms with Crippen LogP contribution in [0.2, 0.25) is 0 Å². The summed E-state index contributed by atoms with van der Waals surface area (Å²) in [6.45, 7) is 2.65. The molecule has 82 valence electrons. The van der Waals surface area contributed by atoms with Crippen LogP contribution < -0.4 is 0 Å². The van der Waals surface area contributed by atoms with Gasteiger partial charge < -0.3 is 4.90 Å². The number of amides is 1. The van der Waals surface area contributed by atoms with Crippen LogP contribution >= 0.6 is 0 Å². The monoisotopic (exact) mass is 215 g/mol. The van der Waals surface area contributed by atoms with Crippen LogP contribution in [0.4, 0.5) is 0 Å². The molecule has 1 aliphatic heterocycles. The Morgan fingerprint density at radius 2 is 2.06 bits per heavy atom. The normalized spacial score (nSPS) is 27.2. The first-order valence-electron chi connectivity index (χ1n) is 5.66. The van der Waals surface area contributed by atoms with Crippen LogP contribution in [0.1, 0.15) is 35.3 Å². The molecule has 16 heavy (non-hydrogen) atoms. The van der Waals surface area contributed by atoms with E-state index in [1.54, 1.807) is 0 Å². The van der Waals surface area contributed by atoms with Crippen molar-refractivity contribution in [3.8, 4) is 0 Å². The zero-order chi connectivity index (χ0) is 11.3. The topological polar surface area (TPSA) is 37.4 Å². The smallest absolute Gasteiger partial charge is 0.223 e. The van der Waals surface area contributed by atoms with Gasteiger partial charge in [0, 0.05) is 18.5 Å². The van der Waals surface area contributed by atoms with Crippen molar-refractivity contribution in [3.63, 3.8) is 0 Å². The van der Waals surface area contributed by atoms with Gasteiger partial charge in [-0.05, 0) is 12.5 Å². The van der Waals surface area contributed by atoms with Crippen molar-refractivity contribution in [2.24, 2.45) is 5.92 Å². The van der Waals surface area contributed by atoms with Gasteiger partial charge in [0.25, 0.3) is 0 Å². The SMILES string of the molecule is CCN1C(=O)C[C@H]2C(=O)c3ccccc3[C@@H]21. The number of nitrogens with zero attached hydrogens (tertiary/aromatic N) is 1. The van der Waals surface area contributed by atoms with Crippen LogP contribution in [-0.2, 0) is 4.79 Å². The molecule has 1 aromatic rings. The summed E-state index contributed by atoms with van der Waals surface area (Å²) >= 11 is 0. The van der Waals surface area contributed by atoms with Gasteiger partial charge in [0.1, 0.15) is 0 Å². The number of Topliss-reactive ketones (excluding diaryl/α,β-unsaturated/α-hetero) is 1. The molecule has 0 N–H and O–H groups in total. The maximum atomic E-state index is 12.1. The van der Waals surface area contributed by atoms with E-state index in [0.717, 1.165) is 11.1 Å². The highest BCUT2D eigenvalue weighted by Crippen LogP contribution is 2.46. The van der Waals surface area contributed by atoms with E-state index in [-0.39, 0.29) is 23.7 Å². The fourth-order valence-electron chi connectivity index (χ4n) is 2.96. The van der Waals surface area contributed by atoms with Gasteiger partial charge in [0.05, 0.1) is 12.0 Å². The standard InChI is InChI=1S/C13H13NO2/c1-2-14-11(15)7-10-12(14)8-5-3-4-6-9(8)13(10)16/h3-6,10,12H,2,7H2,1H3/t10-,12+/m1/s1. The Morgan fingerprint density at radius 3 is 2.81 bits per heavy atom. The van der Waals surface area contributed by atoms with Gasteiger partial charge in [-0.15, -0.1) is 0 Å². The van der Waals surface area contributed by atoms with Gasteiger partial charge in [0.2, 0.25) is 5.91 Å². The summed E-state index contributed by atoms with van der Waals surface area (Å²) in [6.07, 6.45) is 0.381. The average molecular weight is 215 g/mol. The predicted octanol–water partition coefficient (Wildman–Crippen LogP) is 1.79. The lowest BCUT2D eigenvalue weighted by atomic mass is 10.0. The summed E-state index contributed by atoms with van der Waals surface area (Å²) in [4.78, 5) is 25.7. The number of benzene rings is 1. The van der Waals surface area contributed by atoms with Crippen LogP contribution in [-0.4, -0.2) is 23.1 Å². The predicted molar refractivity (Wildman–Crippen MR) is 59.0 cm³/mol. The molecule has 1 saturated heterocycles. The van der Waals surface area contributed by atoms with E-state index in [4.69, 9.17) is 0 Å². The minimum Gasteiger partial charge on any atom is -0.335 e. The van der Waals surface area contributed by atoms with Crippen molar-refractivity contribution < 1.29 is 9.59 Å². The minimum atomic E-state index is -0.134. The van der Waals surface area contributed by atoms with E-state index in [0.29, 0.717) is 13.0 Å². The third-order valence-corrected chi connectivity index (χ3v) is 3.65. The molecule has 1 fully saturated rings. The van der Waals surface area contributed by atoms with E-state index in [1.165, 1.54) is 0 Å². The lowest BCUT2D eigenvalue weighted by molar-refractivity contribution is -0.128. The van der Waals surface area contributed by atoms with Crippen LogP contribution in [0.25, 0.3) is 0 Å². The lowest BCUT2D eigenvalue weighted by Gasteiger charge is -2.22. The summed E-state index contributed by atoms with van der Waals surface area (Å²) < 4.78 is 0. The van der Waals surface area contributed by atoms with Gasteiger partial charge in [-0.3, -0.25) is 9.59 Å². The number of rotatable bonds is 1. The summed E-state index contributed by atoms with van der Waals surface area (Å²) in [6, 6.07) is 7.66. The fraction of sp³-hybridized carbons (Fsp3) is 0.385. The van der Waals surface area contributed by atoms with E-state index < -0.39 is 0 Å². The molecule has 3 heteroatoms. The van der Waals surface area contributed by atoms with Crippen LogP contribution in [0.3, 0.4) is 0 Å². The molecule has 2 aliphatic rings. The number of likely N-dealkylation sites (tertiary alicyclic amines) is 1. The number of fused-ring (bicyclic) bond motifs is 3. The molecule has 1 aliphatic carbocycles. The zero-order valence-electron chi connectivity index (χ0n) is 9.14. The highest BCUT2D eigenvalue weighted by atomic mass is 16.2. The lowest BCUT2D eigenvalue weighted by Crippen LogP contribution is -2.27. The van der Waals surface area contributed by atoms with Crippen molar-refractivity contribution in [1.29, 1.82) is 0 Å². The van der Waals surface area contributed by atoms with Gasteiger partial charge >= 0.3 is 0 Å². The Kier molecular flexibility index (Phi) is 1.90. The molecule has 0 aromatic heterocycles. The van der Waals surface area contributed by atoms with Crippen molar-refractivity contribution in [3.05, 3.63) is 35.4 Å². The minimum absolute atomic E-state index is 0.00111. The van der Waals surface area contributed by atoms with Crippen molar-refractivity contribution in [2.75, 3.05) is 6.54 Å². The van der Waals surface area contributed by atoms with Gasteiger partial charge in [-0.1, -0.05) is 24.3 Å². The van der Waals surface area contributed by atoms with Crippen molar-refractivity contribution in [1.82, 2.24) is 4.90 Å². The molecule has 0 radical (unpaired) electrons. The first kappa shape index (κ1) is 9.58. The quantitative estimate of drug-likeness (QED) is 0.716. The number of ketones is 1. The molecular weight excluding hydrogens is 202 g/mol. The van der Waals surface area contributed by atoms with Crippen LogP contribution in [0, 0.1) is 5.92 Å². The average Bonchev–Trinajstić information content (AvgIpc) is 2.76. The fourth-order valence-corrected chi connectivity index (χ4v) is 2.96. The third kappa shape index (κ3) is 1.03. The molecule has 2 atom stereocenters. The number of hydrogen-bond acceptors (Lipinski definition) is 2. The summed E-state index contributed by atoms with van der Waals surface area (Å²) in [5.74, 6) is 0.120. The van der Waals surface area contributed by atoms with Crippen molar-refractivity contribution in [2.45, 2.75) is 19.4 Å². The largest absolute Gasteiger partial charge is 0.335 e. The highest BCUT2D eigenvalue weighted by molar-refractivity contribution is 6.06. The number of carbonyl (C=O) groups excluding carboxylic acids is 2. The Balaban J connectivity index is 2.14. The first-order chi connectivity index (χ1) is 7.74. The molecule has 3 rings (SSSR count). The van der Waals surface area contributed by atoms with Crippen LogP contribution in [0.15, 0.2) is 24.3 Å². The number of carbonyl (C=O) groups is 2. The Morgan fingerprint density at radius 1 is 1.31 bits per heavy atom. The highest BCUT2D eigenvalue weighted by Gasteiger charge is 2.49. The van der Waals surface area contributed by atoms with E-state index in [2.05, 4.69) is 0 Å². The maximum Gasteiger partial charge on any atom is 0.223 e. The summed E-state index contributed by atoms with van der Waals surface area (Å²) in [7, 11) is 0.